The average Bonchev–Trinajstić information content (AvgIpc) is 3.18. The first kappa shape index (κ1) is 19.3. The highest BCUT2D eigenvalue weighted by atomic mass is 32.2. The number of ether oxygens (including phenoxy) is 1. The fourth-order valence-corrected chi connectivity index (χ4v) is 5.57. The molecule has 1 saturated heterocycles. The van der Waals surface area contributed by atoms with Gasteiger partial charge >= 0.3 is 0 Å². The van der Waals surface area contributed by atoms with Crippen LogP contribution in [0, 0.1) is 0 Å². The van der Waals surface area contributed by atoms with Crippen molar-refractivity contribution in [1.82, 2.24) is 15.0 Å². The Morgan fingerprint density at radius 1 is 1.25 bits per heavy atom. The molecule has 1 aromatic carbocycles. The number of nitrogens with zero attached hydrogens (tertiary/aromatic N) is 4. The summed E-state index contributed by atoms with van der Waals surface area (Å²) in [4.78, 5) is 27.9. The highest BCUT2D eigenvalue weighted by Crippen LogP contribution is 2.34. The number of thioether (sulfide) groups is 2. The molecule has 0 radical (unpaired) electrons. The van der Waals surface area contributed by atoms with Gasteiger partial charge in [0.25, 0.3) is 0 Å². The lowest BCUT2D eigenvalue weighted by Crippen LogP contribution is -2.32. The topological polar surface area (TPSA) is 80.2 Å². The summed E-state index contributed by atoms with van der Waals surface area (Å²) in [7, 11) is 1.61. The quantitative estimate of drug-likeness (QED) is 0.468. The van der Waals surface area contributed by atoms with Crippen LogP contribution in [0.2, 0.25) is 0 Å². The number of rotatable bonds is 6. The third-order valence-electron chi connectivity index (χ3n) is 4.14. The lowest BCUT2D eigenvalue weighted by Gasteiger charge is -2.25. The largest absolute Gasteiger partial charge is 0.497 e. The number of carbonyl (C=O) groups excluding carboxylic acids is 1. The van der Waals surface area contributed by atoms with E-state index in [0.717, 1.165) is 50.9 Å². The maximum absolute atomic E-state index is 12.3. The third-order valence-corrected chi connectivity index (χ3v) is 7.32. The number of aromatic nitrogens is 3. The van der Waals surface area contributed by atoms with Gasteiger partial charge in [0, 0.05) is 30.3 Å². The second-order valence-corrected chi connectivity index (χ2v) is 9.16. The molecule has 1 amide bonds. The van der Waals surface area contributed by atoms with E-state index in [1.54, 1.807) is 18.4 Å². The highest BCUT2D eigenvalue weighted by molar-refractivity contribution is 8.00. The van der Waals surface area contributed by atoms with Crippen LogP contribution in [0.25, 0.3) is 10.3 Å². The van der Waals surface area contributed by atoms with Crippen LogP contribution in [0.3, 0.4) is 0 Å². The van der Waals surface area contributed by atoms with E-state index in [1.165, 1.54) is 18.1 Å². The molecule has 146 valence electrons. The van der Waals surface area contributed by atoms with Crippen molar-refractivity contribution in [1.29, 1.82) is 0 Å². The molecule has 1 aliphatic rings. The third kappa shape index (κ3) is 4.50. The molecule has 0 aliphatic carbocycles. The number of hydrogen-bond acceptors (Lipinski definition) is 9. The fraction of sp³-hybridized carbons (Fsp3) is 0.333. The molecule has 1 N–H and O–H groups in total. The number of fused-ring (bicyclic) bond motifs is 1. The summed E-state index contributed by atoms with van der Waals surface area (Å²) in [5.41, 5.74) is 1.44. The van der Waals surface area contributed by atoms with Crippen molar-refractivity contribution in [3.8, 4) is 5.75 Å². The summed E-state index contributed by atoms with van der Waals surface area (Å²) in [6.07, 6.45) is 1.52. The van der Waals surface area contributed by atoms with Crippen molar-refractivity contribution < 1.29 is 9.53 Å². The number of methoxy groups -OCH3 is 1. The van der Waals surface area contributed by atoms with E-state index in [9.17, 15) is 4.79 Å². The van der Waals surface area contributed by atoms with Gasteiger partial charge in [0.05, 0.1) is 12.9 Å². The Labute approximate surface area is 175 Å². The van der Waals surface area contributed by atoms with Gasteiger partial charge in [0.2, 0.25) is 5.91 Å². The molecule has 10 heteroatoms. The standard InChI is InChI=1S/C18H19N5O2S3/c1-25-13-4-2-12(3-5-13)21-14(24)10-27-17-15-16(19-11-20-17)22-18(28-15)23-6-8-26-9-7-23/h2-5,11H,6-10H2,1H3,(H,21,24). The Bertz CT molecular complexity index is 958. The zero-order valence-electron chi connectivity index (χ0n) is 15.3. The van der Waals surface area contributed by atoms with E-state index >= 15 is 0 Å². The maximum atomic E-state index is 12.3. The number of anilines is 2. The highest BCUT2D eigenvalue weighted by Gasteiger charge is 2.18. The van der Waals surface area contributed by atoms with Gasteiger partial charge in [-0.05, 0) is 24.3 Å². The molecule has 0 saturated carbocycles. The summed E-state index contributed by atoms with van der Waals surface area (Å²) in [6, 6.07) is 7.26. The average molecular weight is 434 g/mol. The minimum absolute atomic E-state index is 0.0836. The smallest absolute Gasteiger partial charge is 0.234 e. The first-order valence-electron chi connectivity index (χ1n) is 8.74. The summed E-state index contributed by atoms with van der Waals surface area (Å²) >= 11 is 4.98. The van der Waals surface area contributed by atoms with Crippen molar-refractivity contribution in [2.75, 3.05) is 47.7 Å². The number of thiazole rings is 1. The molecular weight excluding hydrogens is 414 g/mol. The Morgan fingerprint density at radius 3 is 2.79 bits per heavy atom. The van der Waals surface area contributed by atoms with Gasteiger partial charge in [-0.1, -0.05) is 23.1 Å². The molecule has 0 atom stereocenters. The summed E-state index contributed by atoms with van der Waals surface area (Å²) in [5, 5.41) is 4.67. The van der Waals surface area contributed by atoms with Crippen molar-refractivity contribution in [3.05, 3.63) is 30.6 Å². The van der Waals surface area contributed by atoms with Crippen LogP contribution >= 0.6 is 34.9 Å². The SMILES string of the molecule is COc1ccc(NC(=O)CSc2ncnc3nc(N4CCSCC4)sc23)cc1. The van der Waals surface area contributed by atoms with E-state index in [4.69, 9.17) is 4.74 Å². The van der Waals surface area contributed by atoms with Crippen molar-refractivity contribution >= 4 is 61.9 Å². The van der Waals surface area contributed by atoms with E-state index in [0.29, 0.717) is 5.65 Å². The van der Waals surface area contributed by atoms with Crippen LogP contribution in [-0.2, 0) is 4.79 Å². The summed E-state index contributed by atoms with van der Waals surface area (Å²) < 4.78 is 6.07. The minimum Gasteiger partial charge on any atom is -0.497 e. The van der Waals surface area contributed by atoms with E-state index in [2.05, 4.69) is 25.2 Å². The van der Waals surface area contributed by atoms with E-state index in [1.807, 2.05) is 36.0 Å². The maximum Gasteiger partial charge on any atom is 0.234 e. The van der Waals surface area contributed by atoms with Crippen LogP contribution in [-0.4, -0.2) is 58.3 Å². The van der Waals surface area contributed by atoms with Gasteiger partial charge in [-0.15, -0.1) is 0 Å². The Hall–Kier alpha value is -2.04. The Morgan fingerprint density at radius 2 is 2.04 bits per heavy atom. The minimum atomic E-state index is -0.0836. The molecule has 7 nitrogen and oxygen atoms in total. The monoisotopic (exact) mass is 433 g/mol. The number of amides is 1. The molecule has 1 fully saturated rings. The zero-order chi connectivity index (χ0) is 19.3. The molecular formula is C18H19N5O2S3. The molecule has 3 heterocycles. The van der Waals surface area contributed by atoms with Gasteiger partial charge in [-0.25, -0.2) is 9.97 Å². The molecule has 0 unspecified atom stereocenters. The van der Waals surface area contributed by atoms with Crippen LogP contribution in [0.15, 0.2) is 35.6 Å². The fourth-order valence-electron chi connectivity index (χ4n) is 2.72. The van der Waals surface area contributed by atoms with Crippen LogP contribution in [0.4, 0.5) is 10.8 Å². The molecule has 0 bridgehead atoms. The van der Waals surface area contributed by atoms with Crippen molar-refractivity contribution in [3.63, 3.8) is 0 Å². The second kappa shape index (κ2) is 8.97. The molecule has 3 aromatic rings. The number of nitrogens with one attached hydrogen (secondary N) is 1. The molecule has 0 spiro atoms. The Kier molecular flexibility index (Phi) is 6.18. The number of hydrogen-bond donors (Lipinski definition) is 1. The van der Waals surface area contributed by atoms with Crippen molar-refractivity contribution in [2.45, 2.75) is 5.03 Å². The zero-order valence-corrected chi connectivity index (χ0v) is 17.7. The van der Waals surface area contributed by atoms with Crippen molar-refractivity contribution in [2.24, 2.45) is 0 Å². The van der Waals surface area contributed by atoms with Crippen LogP contribution < -0.4 is 15.0 Å². The molecule has 2 aromatic heterocycles. The number of carbonyl (C=O) groups is 1. The number of benzene rings is 1. The Balaban J connectivity index is 1.42. The summed E-state index contributed by atoms with van der Waals surface area (Å²) in [5.74, 6) is 3.18. The second-order valence-electron chi connectivity index (χ2n) is 5.99. The predicted octanol–water partition coefficient (Wildman–Crippen LogP) is 3.38. The van der Waals surface area contributed by atoms with E-state index in [-0.39, 0.29) is 11.7 Å². The lowest BCUT2D eigenvalue weighted by molar-refractivity contribution is -0.113. The summed E-state index contributed by atoms with van der Waals surface area (Å²) in [6.45, 7) is 2.01. The lowest BCUT2D eigenvalue weighted by atomic mass is 10.3. The van der Waals surface area contributed by atoms with Crippen LogP contribution in [0.5, 0.6) is 5.75 Å². The first-order chi connectivity index (χ1) is 13.7. The van der Waals surface area contributed by atoms with Gasteiger partial charge < -0.3 is 15.0 Å². The van der Waals surface area contributed by atoms with Gasteiger partial charge in [-0.2, -0.15) is 16.7 Å². The predicted molar refractivity (Wildman–Crippen MR) is 117 cm³/mol. The molecule has 1 aliphatic heterocycles. The van der Waals surface area contributed by atoms with Gasteiger partial charge in [0.1, 0.15) is 21.8 Å². The van der Waals surface area contributed by atoms with Gasteiger partial charge in [-0.3, -0.25) is 4.79 Å². The molecule has 4 rings (SSSR count). The van der Waals surface area contributed by atoms with Crippen LogP contribution in [0.1, 0.15) is 0 Å². The first-order valence-corrected chi connectivity index (χ1v) is 11.7. The van der Waals surface area contributed by atoms with E-state index < -0.39 is 0 Å². The normalized spacial score (nSPS) is 14.2. The molecule has 28 heavy (non-hydrogen) atoms. The van der Waals surface area contributed by atoms with Gasteiger partial charge in [0.15, 0.2) is 10.8 Å².